The lowest BCUT2D eigenvalue weighted by molar-refractivity contribution is 0.105. The second kappa shape index (κ2) is 6.21. The molecule has 0 unspecified atom stereocenters. The number of benzene rings is 1. The third kappa shape index (κ3) is 3.32. The summed E-state index contributed by atoms with van der Waals surface area (Å²) in [7, 11) is 0. The van der Waals surface area contributed by atoms with Crippen molar-refractivity contribution < 1.29 is 9.90 Å². The largest absolute Gasteiger partial charge is 0.507 e. The van der Waals surface area contributed by atoms with Crippen LogP contribution in [0.4, 0.5) is 0 Å². The third-order valence-corrected chi connectivity index (χ3v) is 5.95. The van der Waals surface area contributed by atoms with Crippen molar-refractivity contribution >= 4 is 23.2 Å². The van der Waals surface area contributed by atoms with Crippen LogP contribution in [-0.4, -0.2) is 10.9 Å². The number of hydrogen-bond donors (Lipinski definition) is 1. The van der Waals surface area contributed by atoms with Crippen LogP contribution in [0.2, 0.25) is 0 Å². The van der Waals surface area contributed by atoms with Gasteiger partial charge in [0.1, 0.15) is 5.75 Å². The van der Waals surface area contributed by atoms with Crippen molar-refractivity contribution in [1.29, 1.82) is 0 Å². The lowest BCUT2D eigenvalue weighted by Gasteiger charge is -2.29. The molecule has 1 aromatic heterocycles. The molecule has 0 radical (unpaired) electrons. The van der Waals surface area contributed by atoms with E-state index in [4.69, 9.17) is 0 Å². The number of hydrogen-bond acceptors (Lipinski definition) is 3. The Balaban J connectivity index is 1.83. The average Bonchev–Trinajstić information content (AvgIpc) is 2.91. The van der Waals surface area contributed by atoms with Gasteiger partial charge >= 0.3 is 0 Å². The van der Waals surface area contributed by atoms with E-state index in [0.717, 1.165) is 40.8 Å². The van der Waals surface area contributed by atoms with Crippen LogP contribution in [0.15, 0.2) is 23.6 Å². The molecule has 0 bridgehead atoms. The van der Waals surface area contributed by atoms with E-state index in [-0.39, 0.29) is 5.78 Å². The first kappa shape index (κ1) is 17.0. The SMILES string of the molecule is Cc1cc(/C=C/C(=O)c2scc3c2CCC(C)(C)C3)cc(C)c1O. The number of phenols is 1. The molecule has 1 heterocycles. The Bertz CT molecular complexity index is 801. The molecule has 1 N–H and O–H groups in total. The van der Waals surface area contributed by atoms with Crippen LogP contribution in [0, 0.1) is 19.3 Å². The molecule has 1 aliphatic carbocycles. The van der Waals surface area contributed by atoms with E-state index in [0.29, 0.717) is 11.2 Å². The van der Waals surface area contributed by atoms with Crippen LogP contribution in [0.5, 0.6) is 5.75 Å². The number of fused-ring (bicyclic) bond motifs is 1. The Hall–Kier alpha value is -1.87. The molecule has 2 aromatic rings. The van der Waals surface area contributed by atoms with E-state index < -0.39 is 0 Å². The molecular formula is C21H24O2S. The number of carbonyl (C=O) groups excluding carboxylic acids is 1. The summed E-state index contributed by atoms with van der Waals surface area (Å²) in [5.74, 6) is 0.415. The highest BCUT2D eigenvalue weighted by Crippen LogP contribution is 2.39. The van der Waals surface area contributed by atoms with Gasteiger partial charge in [-0.1, -0.05) is 19.9 Å². The number of allylic oxidation sites excluding steroid dienone is 1. The van der Waals surface area contributed by atoms with Crippen molar-refractivity contribution in [1.82, 2.24) is 0 Å². The maximum atomic E-state index is 12.6. The zero-order valence-electron chi connectivity index (χ0n) is 14.8. The molecule has 0 saturated carbocycles. The maximum absolute atomic E-state index is 12.6. The second-order valence-corrected chi connectivity index (χ2v) is 8.49. The summed E-state index contributed by atoms with van der Waals surface area (Å²) in [6.07, 6.45) is 6.71. The van der Waals surface area contributed by atoms with E-state index in [9.17, 15) is 9.90 Å². The first-order valence-electron chi connectivity index (χ1n) is 8.39. The summed E-state index contributed by atoms with van der Waals surface area (Å²) in [5, 5.41) is 12.0. The number of carbonyl (C=O) groups is 1. The van der Waals surface area contributed by atoms with Crippen LogP contribution >= 0.6 is 11.3 Å². The Labute approximate surface area is 147 Å². The van der Waals surface area contributed by atoms with Gasteiger partial charge in [-0.2, -0.15) is 0 Å². The summed E-state index contributed by atoms with van der Waals surface area (Å²) in [4.78, 5) is 13.5. The Kier molecular flexibility index (Phi) is 4.39. The summed E-state index contributed by atoms with van der Waals surface area (Å²) in [5.41, 5.74) is 5.56. The van der Waals surface area contributed by atoms with Crippen molar-refractivity contribution in [3.8, 4) is 5.75 Å². The lowest BCUT2D eigenvalue weighted by Crippen LogP contribution is -2.21. The van der Waals surface area contributed by atoms with Gasteiger partial charge in [-0.25, -0.2) is 0 Å². The van der Waals surface area contributed by atoms with Gasteiger partial charge in [-0.15, -0.1) is 11.3 Å². The van der Waals surface area contributed by atoms with Gasteiger partial charge in [0.2, 0.25) is 0 Å². The van der Waals surface area contributed by atoms with Gasteiger partial charge in [0.25, 0.3) is 0 Å². The van der Waals surface area contributed by atoms with E-state index in [1.807, 2.05) is 32.1 Å². The Morgan fingerprint density at radius 2 is 1.92 bits per heavy atom. The Morgan fingerprint density at radius 1 is 1.25 bits per heavy atom. The van der Waals surface area contributed by atoms with E-state index in [1.54, 1.807) is 17.4 Å². The second-order valence-electron chi connectivity index (χ2n) is 7.61. The van der Waals surface area contributed by atoms with Crippen molar-refractivity contribution in [2.75, 3.05) is 0 Å². The highest BCUT2D eigenvalue weighted by atomic mass is 32.1. The first-order chi connectivity index (χ1) is 11.3. The van der Waals surface area contributed by atoms with Crippen LogP contribution in [0.3, 0.4) is 0 Å². The van der Waals surface area contributed by atoms with E-state index >= 15 is 0 Å². The molecule has 3 heteroatoms. The summed E-state index contributed by atoms with van der Waals surface area (Å²) in [6.45, 7) is 8.34. The van der Waals surface area contributed by atoms with Crippen LogP contribution in [0.1, 0.15) is 57.8 Å². The van der Waals surface area contributed by atoms with Crippen molar-refractivity contribution in [2.24, 2.45) is 5.41 Å². The number of thiophene rings is 1. The van der Waals surface area contributed by atoms with Crippen LogP contribution < -0.4 is 0 Å². The smallest absolute Gasteiger partial charge is 0.196 e. The van der Waals surface area contributed by atoms with Crippen molar-refractivity contribution in [3.05, 3.63) is 56.3 Å². The quantitative estimate of drug-likeness (QED) is 0.593. The fraction of sp³-hybridized carbons (Fsp3) is 0.381. The average molecular weight is 340 g/mol. The normalized spacial score (nSPS) is 16.3. The van der Waals surface area contributed by atoms with Crippen molar-refractivity contribution in [3.63, 3.8) is 0 Å². The number of aromatic hydroxyl groups is 1. The molecule has 24 heavy (non-hydrogen) atoms. The zero-order valence-corrected chi connectivity index (χ0v) is 15.6. The molecule has 0 spiro atoms. The standard InChI is InChI=1S/C21H24O2S/c1-13-9-15(10-14(2)19(13)23)5-6-18(22)20-17-7-8-21(3,4)11-16(17)12-24-20/h5-6,9-10,12,23H,7-8,11H2,1-4H3/b6-5+. The minimum absolute atomic E-state index is 0.0873. The molecule has 126 valence electrons. The predicted molar refractivity (Wildman–Crippen MR) is 101 cm³/mol. The molecule has 0 amide bonds. The monoisotopic (exact) mass is 340 g/mol. The molecule has 0 atom stereocenters. The van der Waals surface area contributed by atoms with Crippen molar-refractivity contribution in [2.45, 2.75) is 47.0 Å². The lowest BCUT2D eigenvalue weighted by atomic mass is 9.75. The number of phenolic OH excluding ortho intramolecular Hbond substituents is 1. The van der Waals surface area contributed by atoms with E-state index in [2.05, 4.69) is 19.2 Å². The molecule has 2 nitrogen and oxygen atoms in total. The van der Waals surface area contributed by atoms with Crippen LogP contribution in [0.25, 0.3) is 6.08 Å². The molecule has 0 aliphatic heterocycles. The molecular weight excluding hydrogens is 316 g/mol. The van der Waals surface area contributed by atoms with Gasteiger partial charge in [-0.3, -0.25) is 4.79 Å². The molecule has 1 aliphatic rings. The van der Waals surface area contributed by atoms with Gasteiger partial charge in [-0.05, 0) is 89.9 Å². The van der Waals surface area contributed by atoms with Gasteiger partial charge < -0.3 is 5.11 Å². The third-order valence-electron chi connectivity index (χ3n) is 4.87. The minimum atomic E-state index is 0.0873. The maximum Gasteiger partial charge on any atom is 0.196 e. The first-order valence-corrected chi connectivity index (χ1v) is 9.27. The molecule has 0 saturated heterocycles. The van der Waals surface area contributed by atoms with Gasteiger partial charge in [0, 0.05) is 0 Å². The zero-order chi connectivity index (χ0) is 17.5. The molecule has 0 fully saturated rings. The topological polar surface area (TPSA) is 37.3 Å². The van der Waals surface area contributed by atoms with E-state index in [1.165, 1.54) is 11.1 Å². The highest BCUT2D eigenvalue weighted by molar-refractivity contribution is 7.12. The number of ketones is 1. The summed E-state index contributed by atoms with van der Waals surface area (Å²) < 4.78 is 0. The minimum Gasteiger partial charge on any atom is -0.507 e. The molecule has 3 rings (SSSR count). The Morgan fingerprint density at radius 3 is 2.58 bits per heavy atom. The fourth-order valence-corrected chi connectivity index (χ4v) is 4.49. The predicted octanol–water partition coefficient (Wildman–Crippen LogP) is 5.48. The number of rotatable bonds is 3. The van der Waals surface area contributed by atoms with Gasteiger partial charge in [0.05, 0.1) is 4.88 Å². The fourth-order valence-electron chi connectivity index (χ4n) is 3.45. The number of aryl methyl sites for hydroxylation is 2. The summed E-state index contributed by atoms with van der Waals surface area (Å²) >= 11 is 1.58. The molecule has 1 aromatic carbocycles. The van der Waals surface area contributed by atoms with Crippen LogP contribution in [-0.2, 0) is 12.8 Å². The summed E-state index contributed by atoms with van der Waals surface area (Å²) in [6, 6.07) is 3.80. The van der Waals surface area contributed by atoms with Gasteiger partial charge in [0.15, 0.2) is 5.78 Å². The highest BCUT2D eigenvalue weighted by Gasteiger charge is 2.28.